The zero-order chi connectivity index (χ0) is 13.9. The largest absolute Gasteiger partial charge is 0.389 e. The molecule has 0 unspecified atom stereocenters. The molecule has 3 nitrogen and oxygen atoms in total. The van der Waals surface area contributed by atoms with Gasteiger partial charge in [-0.2, -0.15) is 0 Å². The molecule has 0 saturated heterocycles. The van der Waals surface area contributed by atoms with Crippen molar-refractivity contribution in [2.75, 3.05) is 13.1 Å². The molecule has 1 N–H and O–H groups in total. The summed E-state index contributed by atoms with van der Waals surface area (Å²) in [4.78, 5) is 16.0. The number of likely N-dealkylation sites (N-methyl/N-ethyl adjacent to an activating group) is 1. The first-order valence-corrected chi connectivity index (χ1v) is 7.21. The first-order chi connectivity index (χ1) is 8.28. The summed E-state index contributed by atoms with van der Waals surface area (Å²) in [6.07, 6.45) is 0.952. The van der Waals surface area contributed by atoms with Crippen LogP contribution in [0.2, 0.25) is 0 Å². The maximum atomic E-state index is 12.4. The van der Waals surface area contributed by atoms with Gasteiger partial charge in [-0.3, -0.25) is 4.79 Å². The van der Waals surface area contributed by atoms with Crippen molar-refractivity contribution in [2.45, 2.75) is 46.6 Å². The van der Waals surface area contributed by atoms with Crippen molar-refractivity contribution in [1.29, 1.82) is 0 Å². The van der Waals surface area contributed by atoms with Crippen LogP contribution >= 0.6 is 11.3 Å². The van der Waals surface area contributed by atoms with Crippen molar-refractivity contribution in [2.24, 2.45) is 0 Å². The van der Waals surface area contributed by atoms with E-state index in [1.54, 1.807) is 30.1 Å². The lowest BCUT2D eigenvalue weighted by Crippen LogP contribution is -2.41. The SMILES string of the molecule is CCc1cc(C(=O)N(CC)CC(C)(C)O)sc1C. The van der Waals surface area contributed by atoms with Gasteiger partial charge in [0.05, 0.1) is 10.5 Å². The minimum absolute atomic E-state index is 0.0208. The molecule has 18 heavy (non-hydrogen) atoms. The molecule has 0 fully saturated rings. The summed E-state index contributed by atoms with van der Waals surface area (Å²) in [6, 6.07) is 1.98. The number of thiophene rings is 1. The highest BCUT2D eigenvalue weighted by Crippen LogP contribution is 2.23. The fourth-order valence-electron chi connectivity index (χ4n) is 1.93. The number of amides is 1. The number of rotatable bonds is 5. The van der Waals surface area contributed by atoms with Crippen molar-refractivity contribution in [3.8, 4) is 0 Å². The Morgan fingerprint density at radius 3 is 2.44 bits per heavy atom. The zero-order valence-electron chi connectivity index (χ0n) is 11.9. The van der Waals surface area contributed by atoms with Crippen LogP contribution in [0.5, 0.6) is 0 Å². The first-order valence-electron chi connectivity index (χ1n) is 6.39. The molecule has 0 aromatic carbocycles. The number of nitrogens with zero attached hydrogens (tertiary/aromatic N) is 1. The molecule has 0 bridgehead atoms. The van der Waals surface area contributed by atoms with Crippen molar-refractivity contribution in [1.82, 2.24) is 4.90 Å². The summed E-state index contributed by atoms with van der Waals surface area (Å²) in [5.74, 6) is 0.0208. The molecule has 1 amide bonds. The highest BCUT2D eigenvalue weighted by atomic mass is 32.1. The van der Waals surface area contributed by atoms with Crippen LogP contribution in [0.3, 0.4) is 0 Å². The third-order valence-corrected chi connectivity index (χ3v) is 3.94. The number of aliphatic hydroxyl groups is 1. The van der Waals surface area contributed by atoms with E-state index in [9.17, 15) is 9.90 Å². The molecular weight excluding hydrogens is 246 g/mol. The Morgan fingerprint density at radius 1 is 1.44 bits per heavy atom. The molecule has 1 aromatic rings. The van der Waals surface area contributed by atoms with Crippen molar-refractivity contribution in [3.63, 3.8) is 0 Å². The molecular formula is C14H23NO2S. The van der Waals surface area contributed by atoms with E-state index in [1.165, 1.54) is 10.4 Å². The zero-order valence-corrected chi connectivity index (χ0v) is 12.7. The van der Waals surface area contributed by atoms with Crippen molar-refractivity contribution >= 4 is 17.2 Å². The van der Waals surface area contributed by atoms with E-state index < -0.39 is 5.60 Å². The molecule has 4 heteroatoms. The Kier molecular flexibility index (Phi) is 4.93. The van der Waals surface area contributed by atoms with Crippen molar-refractivity contribution < 1.29 is 9.90 Å². The number of carbonyl (C=O) groups excluding carboxylic acids is 1. The van der Waals surface area contributed by atoms with Crippen LogP contribution in [0.25, 0.3) is 0 Å². The van der Waals surface area contributed by atoms with Gasteiger partial charge < -0.3 is 10.0 Å². The van der Waals surface area contributed by atoms with Crippen LogP contribution in [0.15, 0.2) is 6.07 Å². The third kappa shape index (κ3) is 3.82. The van der Waals surface area contributed by atoms with Crippen molar-refractivity contribution in [3.05, 3.63) is 21.4 Å². The van der Waals surface area contributed by atoms with Gasteiger partial charge in [-0.15, -0.1) is 11.3 Å². The summed E-state index contributed by atoms with van der Waals surface area (Å²) in [5, 5.41) is 9.83. The standard InChI is InChI=1S/C14H23NO2S/c1-6-11-8-12(18-10(11)3)13(16)15(7-2)9-14(4,5)17/h8,17H,6-7,9H2,1-5H3. The maximum absolute atomic E-state index is 12.4. The highest BCUT2D eigenvalue weighted by Gasteiger charge is 2.23. The van der Waals surface area contributed by atoms with Crippen LogP contribution in [0.4, 0.5) is 0 Å². The van der Waals surface area contributed by atoms with Crippen LogP contribution in [0, 0.1) is 6.92 Å². The molecule has 0 saturated carbocycles. The van der Waals surface area contributed by atoms with Gasteiger partial charge in [0.25, 0.3) is 5.91 Å². The predicted molar refractivity (Wildman–Crippen MR) is 76.3 cm³/mol. The summed E-state index contributed by atoms with van der Waals surface area (Å²) in [6.45, 7) is 10.5. The molecule has 1 heterocycles. The fraction of sp³-hybridized carbons (Fsp3) is 0.643. The van der Waals surface area contributed by atoms with Gasteiger partial charge in [-0.1, -0.05) is 6.92 Å². The summed E-state index contributed by atoms with van der Waals surface area (Å²) in [5.41, 5.74) is 0.383. The molecule has 0 radical (unpaired) electrons. The lowest BCUT2D eigenvalue weighted by molar-refractivity contribution is 0.0317. The molecule has 0 atom stereocenters. The molecule has 0 aliphatic carbocycles. The topological polar surface area (TPSA) is 40.5 Å². The predicted octanol–water partition coefficient (Wildman–Crippen LogP) is 2.85. The lowest BCUT2D eigenvalue weighted by atomic mass is 10.1. The molecule has 1 rings (SSSR count). The molecule has 0 aliphatic heterocycles. The Bertz CT molecular complexity index is 418. The summed E-state index contributed by atoms with van der Waals surface area (Å²) >= 11 is 1.54. The van der Waals surface area contributed by atoms with Crippen LogP contribution in [0.1, 0.15) is 47.8 Å². The van der Waals surface area contributed by atoms with E-state index in [0.717, 1.165) is 11.3 Å². The normalized spacial score (nSPS) is 11.7. The van der Waals surface area contributed by atoms with E-state index in [2.05, 4.69) is 6.92 Å². The monoisotopic (exact) mass is 269 g/mol. The lowest BCUT2D eigenvalue weighted by Gasteiger charge is -2.27. The van der Waals surface area contributed by atoms with E-state index in [0.29, 0.717) is 13.1 Å². The van der Waals surface area contributed by atoms with Gasteiger partial charge in [0.1, 0.15) is 0 Å². The summed E-state index contributed by atoms with van der Waals surface area (Å²) in [7, 11) is 0. The van der Waals surface area contributed by atoms with Crippen LogP contribution < -0.4 is 0 Å². The minimum atomic E-state index is -0.856. The highest BCUT2D eigenvalue weighted by molar-refractivity contribution is 7.14. The number of hydrogen-bond donors (Lipinski definition) is 1. The van der Waals surface area contributed by atoms with Crippen LogP contribution in [-0.2, 0) is 6.42 Å². The second-order valence-corrected chi connectivity index (χ2v) is 6.43. The average molecular weight is 269 g/mol. The molecule has 1 aromatic heterocycles. The van der Waals surface area contributed by atoms with Gasteiger partial charge in [0, 0.05) is 18.0 Å². The van der Waals surface area contributed by atoms with E-state index >= 15 is 0 Å². The average Bonchev–Trinajstić information content (AvgIpc) is 2.65. The van der Waals surface area contributed by atoms with Gasteiger partial charge >= 0.3 is 0 Å². The first kappa shape index (κ1) is 15.2. The van der Waals surface area contributed by atoms with Gasteiger partial charge in [0.2, 0.25) is 0 Å². The van der Waals surface area contributed by atoms with E-state index in [1.807, 2.05) is 19.9 Å². The Hall–Kier alpha value is -0.870. The Labute approximate surface area is 113 Å². The fourth-order valence-corrected chi connectivity index (χ4v) is 3.01. The smallest absolute Gasteiger partial charge is 0.264 e. The van der Waals surface area contributed by atoms with E-state index in [4.69, 9.17) is 0 Å². The second-order valence-electron chi connectivity index (χ2n) is 5.18. The van der Waals surface area contributed by atoms with E-state index in [-0.39, 0.29) is 5.91 Å². The third-order valence-electron chi connectivity index (χ3n) is 2.86. The second kappa shape index (κ2) is 5.85. The molecule has 102 valence electrons. The van der Waals surface area contributed by atoms with Gasteiger partial charge in [-0.25, -0.2) is 0 Å². The van der Waals surface area contributed by atoms with Crippen LogP contribution in [-0.4, -0.2) is 34.6 Å². The summed E-state index contributed by atoms with van der Waals surface area (Å²) < 4.78 is 0. The number of aryl methyl sites for hydroxylation is 2. The maximum Gasteiger partial charge on any atom is 0.264 e. The number of carbonyl (C=O) groups is 1. The van der Waals surface area contributed by atoms with Gasteiger partial charge in [0.15, 0.2) is 0 Å². The Morgan fingerprint density at radius 2 is 2.06 bits per heavy atom. The van der Waals surface area contributed by atoms with Gasteiger partial charge in [-0.05, 0) is 45.7 Å². The molecule has 0 spiro atoms. The quantitative estimate of drug-likeness (QED) is 0.893. The number of hydrogen-bond acceptors (Lipinski definition) is 3. The Balaban J connectivity index is 2.89. The molecule has 0 aliphatic rings. The minimum Gasteiger partial charge on any atom is -0.389 e.